The number of rotatable bonds is 5. The summed E-state index contributed by atoms with van der Waals surface area (Å²) in [5, 5.41) is 2.82. The van der Waals surface area contributed by atoms with Gasteiger partial charge < -0.3 is 10.1 Å². The number of nitrogens with one attached hydrogen (secondary N) is 1. The Bertz CT molecular complexity index is 786. The van der Waals surface area contributed by atoms with Crippen LogP contribution in [0.3, 0.4) is 0 Å². The van der Waals surface area contributed by atoms with Crippen molar-refractivity contribution in [1.29, 1.82) is 0 Å². The van der Waals surface area contributed by atoms with E-state index in [4.69, 9.17) is 4.74 Å². The number of esters is 1. The average molecular weight is 339 g/mol. The largest absolute Gasteiger partial charge is 0.449 e. The number of aryl methyl sites for hydroxylation is 3. The Hall–Kier alpha value is -2.95. The predicted molar refractivity (Wildman–Crippen MR) is 96.0 cm³/mol. The number of hydrogen-bond acceptors (Lipinski definition) is 4. The van der Waals surface area contributed by atoms with Crippen molar-refractivity contribution in [3.8, 4) is 0 Å². The van der Waals surface area contributed by atoms with Gasteiger partial charge in [-0.05, 0) is 51.0 Å². The van der Waals surface area contributed by atoms with Crippen molar-refractivity contribution in [2.75, 3.05) is 5.32 Å². The molecule has 0 aromatic heterocycles. The molecule has 130 valence electrons. The lowest BCUT2D eigenvalue weighted by molar-refractivity contribution is -0.123. The SMILES string of the molecule is Cc1cc(C)c(NC(=O)[C@@H](C)OC(=O)c2ccc(C=O)cc2)c(C)c1. The van der Waals surface area contributed by atoms with Gasteiger partial charge >= 0.3 is 5.97 Å². The zero-order chi connectivity index (χ0) is 18.6. The van der Waals surface area contributed by atoms with Gasteiger partial charge in [-0.2, -0.15) is 0 Å². The van der Waals surface area contributed by atoms with Crippen LogP contribution in [0.15, 0.2) is 36.4 Å². The third-order valence-corrected chi connectivity index (χ3v) is 3.86. The van der Waals surface area contributed by atoms with E-state index in [1.54, 1.807) is 0 Å². The summed E-state index contributed by atoms with van der Waals surface area (Å²) in [6.45, 7) is 7.35. The molecule has 5 nitrogen and oxygen atoms in total. The standard InChI is InChI=1S/C20H21NO4/c1-12-9-13(2)18(14(3)10-12)21-19(23)15(4)25-20(24)17-7-5-16(11-22)6-8-17/h5-11,15H,1-4H3,(H,21,23)/t15-/m1/s1. The summed E-state index contributed by atoms with van der Waals surface area (Å²) in [5.41, 5.74) is 4.50. The molecule has 1 amide bonds. The van der Waals surface area contributed by atoms with Crippen LogP contribution in [-0.2, 0) is 9.53 Å². The molecule has 0 saturated heterocycles. The van der Waals surface area contributed by atoms with Gasteiger partial charge in [0, 0.05) is 11.3 Å². The molecule has 2 rings (SSSR count). The van der Waals surface area contributed by atoms with Crippen LogP contribution in [0, 0.1) is 20.8 Å². The summed E-state index contributed by atoms with van der Waals surface area (Å²) in [6.07, 6.45) is -0.254. The van der Waals surface area contributed by atoms with E-state index >= 15 is 0 Å². The Morgan fingerprint density at radius 2 is 1.60 bits per heavy atom. The minimum Gasteiger partial charge on any atom is -0.449 e. The van der Waals surface area contributed by atoms with Crippen molar-refractivity contribution >= 4 is 23.9 Å². The molecule has 0 aliphatic heterocycles. The molecular formula is C20H21NO4. The van der Waals surface area contributed by atoms with Crippen molar-refractivity contribution in [3.05, 3.63) is 64.2 Å². The normalized spacial score (nSPS) is 11.5. The highest BCUT2D eigenvalue weighted by atomic mass is 16.5. The van der Waals surface area contributed by atoms with E-state index in [0.717, 1.165) is 22.4 Å². The summed E-state index contributed by atoms with van der Waals surface area (Å²) >= 11 is 0. The van der Waals surface area contributed by atoms with E-state index < -0.39 is 18.0 Å². The molecule has 0 aliphatic rings. The van der Waals surface area contributed by atoms with Gasteiger partial charge in [0.05, 0.1) is 5.56 Å². The molecule has 25 heavy (non-hydrogen) atoms. The lowest BCUT2D eigenvalue weighted by Crippen LogP contribution is -2.30. The van der Waals surface area contributed by atoms with E-state index in [1.807, 2.05) is 32.9 Å². The van der Waals surface area contributed by atoms with Crippen LogP contribution in [0.1, 0.15) is 44.3 Å². The summed E-state index contributed by atoms with van der Waals surface area (Å²) in [4.78, 5) is 35.1. The Morgan fingerprint density at radius 3 is 2.12 bits per heavy atom. The number of amides is 1. The lowest BCUT2D eigenvalue weighted by Gasteiger charge is -2.17. The van der Waals surface area contributed by atoms with Gasteiger partial charge in [0.1, 0.15) is 6.29 Å². The second kappa shape index (κ2) is 7.75. The van der Waals surface area contributed by atoms with Crippen LogP contribution in [0.25, 0.3) is 0 Å². The van der Waals surface area contributed by atoms with Crippen LogP contribution >= 0.6 is 0 Å². The van der Waals surface area contributed by atoms with Gasteiger partial charge in [0.25, 0.3) is 5.91 Å². The van der Waals surface area contributed by atoms with Gasteiger partial charge in [-0.3, -0.25) is 9.59 Å². The molecule has 0 spiro atoms. The highest BCUT2D eigenvalue weighted by molar-refractivity contribution is 5.98. The minimum absolute atomic E-state index is 0.285. The van der Waals surface area contributed by atoms with E-state index in [-0.39, 0.29) is 5.56 Å². The first-order valence-corrected chi connectivity index (χ1v) is 7.96. The van der Waals surface area contributed by atoms with Gasteiger partial charge in [-0.1, -0.05) is 29.8 Å². The molecule has 0 bridgehead atoms. The van der Waals surface area contributed by atoms with Crippen molar-refractivity contribution in [1.82, 2.24) is 0 Å². The Kier molecular flexibility index (Phi) is 5.70. The number of benzene rings is 2. The maximum absolute atomic E-state index is 12.3. The zero-order valence-electron chi connectivity index (χ0n) is 14.8. The fraction of sp³-hybridized carbons (Fsp3) is 0.250. The minimum atomic E-state index is -0.946. The highest BCUT2D eigenvalue weighted by Gasteiger charge is 2.20. The first-order chi connectivity index (χ1) is 11.8. The summed E-state index contributed by atoms with van der Waals surface area (Å²) in [7, 11) is 0. The predicted octanol–water partition coefficient (Wildman–Crippen LogP) is 3.61. The van der Waals surface area contributed by atoms with Crippen LogP contribution in [0.5, 0.6) is 0 Å². The topological polar surface area (TPSA) is 72.5 Å². The van der Waals surface area contributed by atoms with Gasteiger partial charge in [-0.15, -0.1) is 0 Å². The number of carbonyl (C=O) groups is 3. The van der Waals surface area contributed by atoms with Crippen molar-refractivity contribution < 1.29 is 19.1 Å². The second-order valence-corrected chi connectivity index (χ2v) is 6.05. The maximum atomic E-state index is 12.3. The zero-order valence-corrected chi connectivity index (χ0v) is 14.8. The van der Waals surface area contributed by atoms with Gasteiger partial charge in [0.2, 0.25) is 0 Å². The van der Waals surface area contributed by atoms with Crippen LogP contribution in [0.2, 0.25) is 0 Å². The third kappa shape index (κ3) is 4.53. The van der Waals surface area contributed by atoms with Crippen molar-refractivity contribution in [3.63, 3.8) is 0 Å². The molecule has 0 aliphatic carbocycles. The molecule has 1 atom stereocenters. The Labute approximate surface area is 147 Å². The summed E-state index contributed by atoms with van der Waals surface area (Å²) in [5.74, 6) is -1.01. The summed E-state index contributed by atoms with van der Waals surface area (Å²) in [6, 6.07) is 9.98. The number of carbonyl (C=O) groups excluding carboxylic acids is 3. The van der Waals surface area contributed by atoms with Crippen LogP contribution < -0.4 is 5.32 Å². The highest BCUT2D eigenvalue weighted by Crippen LogP contribution is 2.22. The fourth-order valence-corrected chi connectivity index (χ4v) is 2.58. The lowest BCUT2D eigenvalue weighted by atomic mass is 10.0. The van der Waals surface area contributed by atoms with E-state index in [2.05, 4.69) is 5.32 Å². The fourth-order valence-electron chi connectivity index (χ4n) is 2.58. The van der Waals surface area contributed by atoms with Gasteiger partial charge in [-0.25, -0.2) is 4.79 Å². The van der Waals surface area contributed by atoms with E-state index in [1.165, 1.54) is 31.2 Å². The second-order valence-electron chi connectivity index (χ2n) is 6.05. The molecule has 2 aromatic rings. The first-order valence-electron chi connectivity index (χ1n) is 7.96. The quantitative estimate of drug-likeness (QED) is 0.667. The number of hydrogen-bond donors (Lipinski definition) is 1. The van der Waals surface area contributed by atoms with E-state index in [0.29, 0.717) is 11.8 Å². The molecule has 1 N–H and O–H groups in total. The molecule has 0 heterocycles. The van der Waals surface area contributed by atoms with Crippen LogP contribution in [0.4, 0.5) is 5.69 Å². The molecule has 0 unspecified atom stereocenters. The maximum Gasteiger partial charge on any atom is 0.338 e. The first kappa shape index (κ1) is 18.4. The number of ether oxygens (including phenoxy) is 1. The van der Waals surface area contributed by atoms with Gasteiger partial charge in [0.15, 0.2) is 6.10 Å². The number of aldehydes is 1. The molecule has 2 aromatic carbocycles. The number of anilines is 1. The molecular weight excluding hydrogens is 318 g/mol. The smallest absolute Gasteiger partial charge is 0.338 e. The third-order valence-electron chi connectivity index (χ3n) is 3.86. The van der Waals surface area contributed by atoms with E-state index in [9.17, 15) is 14.4 Å². The Morgan fingerprint density at radius 1 is 1.04 bits per heavy atom. The van der Waals surface area contributed by atoms with Crippen molar-refractivity contribution in [2.24, 2.45) is 0 Å². The molecule has 0 fully saturated rings. The Balaban J connectivity index is 2.04. The molecule has 0 radical (unpaired) electrons. The molecule has 0 saturated carbocycles. The van der Waals surface area contributed by atoms with Crippen molar-refractivity contribution in [2.45, 2.75) is 33.8 Å². The summed E-state index contributed by atoms with van der Waals surface area (Å²) < 4.78 is 5.21. The van der Waals surface area contributed by atoms with Crippen LogP contribution in [-0.4, -0.2) is 24.3 Å². The molecule has 5 heteroatoms. The average Bonchev–Trinajstić information content (AvgIpc) is 2.57. The monoisotopic (exact) mass is 339 g/mol.